The van der Waals surface area contributed by atoms with E-state index in [4.69, 9.17) is 19.9 Å². The first kappa shape index (κ1) is 26.0. The van der Waals surface area contributed by atoms with Gasteiger partial charge in [0, 0.05) is 5.69 Å². The smallest absolute Gasteiger partial charge is 0.355 e. The summed E-state index contributed by atoms with van der Waals surface area (Å²) in [6.45, 7) is 2.30. The number of allylic oxidation sites excluding steroid dienone is 1. The minimum Gasteiger partial charge on any atom is -0.466 e. The molecule has 1 unspecified atom stereocenters. The zero-order valence-corrected chi connectivity index (χ0v) is 20.3. The number of anilines is 1. The van der Waals surface area contributed by atoms with Crippen molar-refractivity contribution in [3.8, 4) is 6.07 Å². The molecule has 36 heavy (non-hydrogen) atoms. The minimum absolute atomic E-state index is 0.0531. The number of nitrogens with zero attached hydrogens (tertiary/aromatic N) is 2. The molecule has 0 saturated carbocycles. The van der Waals surface area contributed by atoms with Crippen LogP contribution in [0.5, 0.6) is 0 Å². The lowest BCUT2D eigenvalue weighted by Gasteiger charge is -2.35. The maximum Gasteiger partial charge on any atom is 0.355 e. The van der Waals surface area contributed by atoms with Crippen molar-refractivity contribution >= 4 is 23.6 Å². The summed E-state index contributed by atoms with van der Waals surface area (Å²) in [5.41, 5.74) is 7.43. The summed E-state index contributed by atoms with van der Waals surface area (Å²) in [5, 5.41) is 10.1. The Morgan fingerprint density at radius 1 is 0.972 bits per heavy atom. The van der Waals surface area contributed by atoms with Crippen molar-refractivity contribution in [2.45, 2.75) is 25.7 Å². The molecule has 0 aromatic heterocycles. The highest BCUT2D eigenvalue weighted by molar-refractivity contribution is 6.06. The number of carbonyl (C=O) groups excluding carboxylic acids is 3. The molecule has 3 rings (SSSR count). The second kappa shape index (κ2) is 11.7. The molecule has 1 aliphatic rings. The van der Waals surface area contributed by atoms with Crippen molar-refractivity contribution in [1.82, 2.24) is 0 Å². The van der Waals surface area contributed by atoms with Gasteiger partial charge in [-0.05, 0) is 36.2 Å². The third-order valence-corrected chi connectivity index (χ3v) is 5.70. The minimum atomic E-state index is -0.957. The number of ether oxygens (including phenoxy) is 3. The van der Waals surface area contributed by atoms with Crippen molar-refractivity contribution in [1.29, 1.82) is 5.26 Å². The molecule has 1 aliphatic heterocycles. The number of esters is 3. The van der Waals surface area contributed by atoms with E-state index in [0.717, 1.165) is 12.8 Å². The summed E-state index contributed by atoms with van der Waals surface area (Å²) in [6.07, 6.45) is 1.64. The van der Waals surface area contributed by atoms with Crippen LogP contribution in [-0.2, 0) is 23.8 Å². The van der Waals surface area contributed by atoms with E-state index < -0.39 is 23.8 Å². The Bertz CT molecular complexity index is 1240. The molecule has 0 aliphatic carbocycles. The van der Waals surface area contributed by atoms with E-state index in [1.165, 1.54) is 31.3 Å². The number of nitriles is 1. The van der Waals surface area contributed by atoms with Crippen LogP contribution in [0.2, 0.25) is 0 Å². The molecule has 0 spiro atoms. The van der Waals surface area contributed by atoms with Crippen molar-refractivity contribution in [3.05, 3.63) is 88.4 Å². The molecule has 1 atom stereocenters. The molecule has 2 N–H and O–H groups in total. The largest absolute Gasteiger partial charge is 0.466 e. The van der Waals surface area contributed by atoms with Crippen LogP contribution in [-0.4, -0.2) is 38.7 Å². The number of rotatable bonds is 8. The summed E-state index contributed by atoms with van der Waals surface area (Å²) in [5.74, 6) is -3.16. The van der Waals surface area contributed by atoms with Gasteiger partial charge in [0.2, 0.25) is 0 Å². The summed E-state index contributed by atoms with van der Waals surface area (Å²) in [6, 6.07) is 16.9. The van der Waals surface area contributed by atoms with E-state index in [1.54, 1.807) is 42.5 Å². The van der Waals surface area contributed by atoms with E-state index >= 15 is 0 Å². The zero-order chi connectivity index (χ0) is 26.2. The van der Waals surface area contributed by atoms with E-state index in [1.807, 2.05) is 6.92 Å². The SMILES string of the molecule is CCCCOC(=O)c1ccc(N2C(N)=C(C#N)C(c3ccccc3)C(C(=O)OC)=C2C(=O)OC)cc1. The lowest BCUT2D eigenvalue weighted by atomic mass is 9.81. The number of hydrogen-bond donors (Lipinski definition) is 1. The first-order valence-electron chi connectivity index (χ1n) is 11.3. The molecular formula is C27H27N3O6. The van der Waals surface area contributed by atoms with Crippen LogP contribution in [0, 0.1) is 11.3 Å². The molecular weight excluding hydrogens is 462 g/mol. The number of benzene rings is 2. The molecule has 0 bridgehead atoms. The summed E-state index contributed by atoms with van der Waals surface area (Å²) >= 11 is 0. The van der Waals surface area contributed by atoms with Gasteiger partial charge >= 0.3 is 17.9 Å². The van der Waals surface area contributed by atoms with Gasteiger partial charge in [-0.25, -0.2) is 14.4 Å². The van der Waals surface area contributed by atoms with Crippen LogP contribution in [0.1, 0.15) is 41.6 Å². The monoisotopic (exact) mass is 489 g/mol. The molecule has 9 heteroatoms. The number of unbranched alkanes of at least 4 members (excludes halogenated alkanes) is 1. The highest BCUT2D eigenvalue weighted by Gasteiger charge is 2.42. The van der Waals surface area contributed by atoms with Crippen LogP contribution in [0.4, 0.5) is 5.69 Å². The number of methoxy groups -OCH3 is 2. The van der Waals surface area contributed by atoms with Gasteiger partial charge in [0.1, 0.15) is 11.5 Å². The molecule has 2 aromatic rings. The Morgan fingerprint density at radius 3 is 2.17 bits per heavy atom. The van der Waals surface area contributed by atoms with Crippen molar-refractivity contribution in [3.63, 3.8) is 0 Å². The molecule has 186 valence electrons. The molecule has 0 radical (unpaired) electrons. The Kier molecular flexibility index (Phi) is 8.47. The zero-order valence-electron chi connectivity index (χ0n) is 20.3. The Morgan fingerprint density at radius 2 is 1.61 bits per heavy atom. The maximum absolute atomic E-state index is 13.1. The predicted octanol–water partition coefficient (Wildman–Crippen LogP) is 3.54. The van der Waals surface area contributed by atoms with E-state index in [2.05, 4.69) is 6.07 Å². The number of hydrogen-bond acceptors (Lipinski definition) is 9. The molecule has 0 amide bonds. The summed E-state index contributed by atoms with van der Waals surface area (Å²) < 4.78 is 15.3. The van der Waals surface area contributed by atoms with Crippen LogP contribution in [0.15, 0.2) is 77.3 Å². The summed E-state index contributed by atoms with van der Waals surface area (Å²) in [7, 11) is 2.36. The topological polar surface area (TPSA) is 132 Å². The van der Waals surface area contributed by atoms with Crippen molar-refractivity contribution in [2.75, 3.05) is 25.7 Å². The molecule has 0 fully saturated rings. The number of nitrogens with two attached hydrogens (primary N) is 1. The highest BCUT2D eigenvalue weighted by atomic mass is 16.5. The lowest BCUT2D eigenvalue weighted by Crippen LogP contribution is -2.40. The fourth-order valence-electron chi connectivity index (χ4n) is 3.92. The first-order valence-corrected chi connectivity index (χ1v) is 11.3. The van der Waals surface area contributed by atoms with Gasteiger partial charge in [-0.15, -0.1) is 0 Å². The average molecular weight is 490 g/mol. The lowest BCUT2D eigenvalue weighted by molar-refractivity contribution is -0.139. The second-order valence-corrected chi connectivity index (χ2v) is 7.87. The Balaban J connectivity index is 2.19. The van der Waals surface area contributed by atoms with Gasteiger partial charge < -0.3 is 19.9 Å². The van der Waals surface area contributed by atoms with Gasteiger partial charge in [0.25, 0.3) is 0 Å². The standard InChI is InChI=1S/C27H27N3O6/c1-4-5-15-36-25(31)18-11-13-19(14-12-18)30-23(27(33)35-3)22(26(32)34-2)21(20(16-28)24(30)29)17-9-7-6-8-10-17/h6-14,21H,4-5,15,29H2,1-3H3. The van der Waals surface area contributed by atoms with Gasteiger partial charge in [0.15, 0.2) is 0 Å². The van der Waals surface area contributed by atoms with Crippen LogP contribution in [0.3, 0.4) is 0 Å². The molecule has 2 aromatic carbocycles. The normalized spacial score (nSPS) is 15.3. The predicted molar refractivity (Wildman–Crippen MR) is 131 cm³/mol. The van der Waals surface area contributed by atoms with Gasteiger partial charge in [-0.3, -0.25) is 4.90 Å². The first-order chi connectivity index (χ1) is 17.4. The summed E-state index contributed by atoms with van der Waals surface area (Å²) in [4.78, 5) is 39.7. The molecule has 9 nitrogen and oxygen atoms in total. The molecule has 1 heterocycles. The van der Waals surface area contributed by atoms with E-state index in [0.29, 0.717) is 23.4 Å². The Labute approximate surface area is 209 Å². The van der Waals surface area contributed by atoms with Crippen LogP contribution < -0.4 is 10.6 Å². The maximum atomic E-state index is 13.1. The Hall–Kier alpha value is -4.58. The van der Waals surface area contributed by atoms with Gasteiger partial charge in [0.05, 0.1) is 49.5 Å². The molecule has 0 saturated heterocycles. The van der Waals surface area contributed by atoms with Crippen molar-refractivity contribution < 1.29 is 28.6 Å². The van der Waals surface area contributed by atoms with Crippen LogP contribution in [0.25, 0.3) is 0 Å². The number of carbonyl (C=O) groups is 3. The second-order valence-electron chi connectivity index (χ2n) is 7.87. The highest BCUT2D eigenvalue weighted by Crippen LogP contribution is 2.43. The van der Waals surface area contributed by atoms with Gasteiger partial charge in [-0.2, -0.15) is 5.26 Å². The average Bonchev–Trinajstić information content (AvgIpc) is 2.92. The van der Waals surface area contributed by atoms with Crippen LogP contribution >= 0.6 is 0 Å². The van der Waals surface area contributed by atoms with Crippen molar-refractivity contribution in [2.24, 2.45) is 5.73 Å². The third-order valence-electron chi connectivity index (χ3n) is 5.70. The quantitative estimate of drug-likeness (QED) is 0.336. The third kappa shape index (κ3) is 5.08. The van der Waals surface area contributed by atoms with E-state index in [9.17, 15) is 19.6 Å². The van der Waals surface area contributed by atoms with Gasteiger partial charge in [-0.1, -0.05) is 43.7 Å². The van der Waals surface area contributed by atoms with E-state index in [-0.39, 0.29) is 22.7 Å². The fourth-order valence-corrected chi connectivity index (χ4v) is 3.92. The fraction of sp³-hybridized carbons (Fsp3) is 0.259.